The van der Waals surface area contributed by atoms with E-state index in [2.05, 4.69) is 9.88 Å². The minimum absolute atomic E-state index is 0.0723. The molecular formula is C15H24N4OS. The third kappa shape index (κ3) is 3.44. The normalized spacial score (nSPS) is 21.7. The first-order valence-corrected chi connectivity index (χ1v) is 8.83. The molecule has 6 heteroatoms. The van der Waals surface area contributed by atoms with Gasteiger partial charge < -0.3 is 15.5 Å². The van der Waals surface area contributed by atoms with Gasteiger partial charge in [-0.3, -0.25) is 4.79 Å². The fourth-order valence-electron chi connectivity index (χ4n) is 3.38. The fraction of sp³-hybridized carbons (Fsp3) is 0.733. The summed E-state index contributed by atoms with van der Waals surface area (Å²) in [4.78, 5) is 21.3. The Morgan fingerprint density at radius 3 is 2.57 bits per heavy atom. The smallest absolute Gasteiger partial charge is 0.273 e. The van der Waals surface area contributed by atoms with Crippen LogP contribution in [0.15, 0.2) is 5.38 Å². The van der Waals surface area contributed by atoms with E-state index in [1.54, 1.807) is 0 Å². The van der Waals surface area contributed by atoms with E-state index in [9.17, 15) is 4.79 Å². The van der Waals surface area contributed by atoms with Crippen LogP contribution >= 0.6 is 11.3 Å². The molecule has 0 radical (unpaired) electrons. The summed E-state index contributed by atoms with van der Waals surface area (Å²) in [5.41, 5.74) is 6.13. The molecule has 3 heterocycles. The first-order valence-electron chi connectivity index (χ1n) is 7.95. The van der Waals surface area contributed by atoms with Crippen molar-refractivity contribution in [3.8, 4) is 0 Å². The summed E-state index contributed by atoms with van der Waals surface area (Å²) in [6.07, 6.45) is 6.24. The second-order valence-corrected chi connectivity index (χ2v) is 6.89. The van der Waals surface area contributed by atoms with Gasteiger partial charge in [0.2, 0.25) is 0 Å². The number of hydrogen-bond donors (Lipinski definition) is 1. The van der Waals surface area contributed by atoms with Gasteiger partial charge in [-0.1, -0.05) is 6.42 Å². The molecule has 2 fully saturated rings. The molecule has 2 saturated heterocycles. The quantitative estimate of drug-likeness (QED) is 0.923. The third-order valence-electron chi connectivity index (χ3n) is 4.60. The van der Waals surface area contributed by atoms with Crippen molar-refractivity contribution in [3.63, 3.8) is 0 Å². The summed E-state index contributed by atoms with van der Waals surface area (Å²) in [7, 11) is 0. The van der Waals surface area contributed by atoms with E-state index in [-0.39, 0.29) is 5.91 Å². The van der Waals surface area contributed by atoms with Crippen molar-refractivity contribution in [2.45, 2.75) is 44.7 Å². The second-order valence-electron chi connectivity index (χ2n) is 5.95. The van der Waals surface area contributed by atoms with E-state index in [1.165, 1.54) is 43.7 Å². The highest BCUT2D eigenvalue weighted by molar-refractivity contribution is 7.09. The van der Waals surface area contributed by atoms with Crippen LogP contribution in [0.3, 0.4) is 0 Å². The maximum absolute atomic E-state index is 12.4. The summed E-state index contributed by atoms with van der Waals surface area (Å²) >= 11 is 1.47. The Morgan fingerprint density at radius 1 is 1.24 bits per heavy atom. The zero-order chi connectivity index (χ0) is 14.7. The average Bonchev–Trinajstić information content (AvgIpc) is 3.04. The molecule has 116 valence electrons. The molecule has 1 amide bonds. The standard InChI is InChI=1S/C15H24N4OS/c16-10-14-17-13(11-21-14)15(20)19-8-4-12(5-9-19)18-6-2-1-3-7-18/h11-12H,1-10,16H2. The van der Waals surface area contributed by atoms with Gasteiger partial charge in [0.1, 0.15) is 10.7 Å². The van der Waals surface area contributed by atoms with Crippen LogP contribution in [0.2, 0.25) is 0 Å². The van der Waals surface area contributed by atoms with Crippen LogP contribution in [0.1, 0.15) is 47.6 Å². The number of hydrogen-bond acceptors (Lipinski definition) is 5. The molecule has 0 aliphatic carbocycles. The topological polar surface area (TPSA) is 62.5 Å². The van der Waals surface area contributed by atoms with E-state index >= 15 is 0 Å². The molecule has 0 unspecified atom stereocenters. The zero-order valence-electron chi connectivity index (χ0n) is 12.5. The van der Waals surface area contributed by atoms with E-state index < -0.39 is 0 Å². The number of rotatable bonds is 3. The lowest BCUT2D eigenvalue weighted by Gasteiger charge is -2.40. The second kappa shape index (κ2) is 6.85. The van der Waals surface area contributed by atoms with Crippen LogP contribution in [0.5, 0.6) is 0 Å². The van der Waals surface area contributed by atoms with Gasteiger partial charge in [-0.25, -0.2) is 4.98 Å². The molecule has 2 N–H and O–H groups in total. The van der Waals surface area contributed by atoms with Gasteiger partial charge in [0, 0.05) is 31.1 Å². The lowest BCUT2D eigenvalue weighted by atomic mass is 10.00. The van der Waals surface area contributed by atoms with E-state index in [1.807, 2.05) is 10.3 Å². The number of thiazole rings is 1. The van der Waals surface area contributed by atoms with Crippen molar-refractivity contribution >= 4 is 17.2 Å². The van der Waals surface area contributed by atoms with Crippen LogP contribution in [-0.2, 0) is 6.54 Å². The first-order chi connectivity index (χ1) is 10.3. The van der Waals surface area contributed by atoms with Crippen LogP contribution in [-0.4, -0.2) is 52.9 Å². The number of nitrogens with two attached hydrogens (primary N) is 1. The predicted molar refractivity (Wildman–Crippen MR) is 84.4 cm³/mol. The van der Waals surface area contributed by atoms with E-state index in [0.29, 0.717) is 18.3 Å². The van der Waals surface area contributed by atoms with Crippen LogP contribution in [0.4, 0.5) is 0 Å². The number of piperidine rings is 2. The Labute approximate surface area is 130 Å². The van der Waals surface area contributed by atoms with Gasteiger partial charge in [0.25, 0.3) is 5.91 Å². The Bertz CT molecular complexity index is 476. The first kappa shape index (κ1) is 14.9. The predicted octanol–water partition coefficient (Wildman–Crippen LogP) is 1.69. The molecule has 2 aliphatic heterocycles. The van der Waals surface area contributed by atoms with Crippen molar-refractivity contribution in [1.82, 2.24) is 14.8 Å². The SMILES string of the molecule is NCc1nc(C(=O)N2CCC(N3CCCCC3)CC2)cs1. The summed E-state index contributed by atoms with van der Waals surface area (Å²) in [6.45, 7) is 4.61. The van der Waals surface area contributed by atoms with Gasteiger partial charge in [-0.15, -0.1) is 11.3 Å². The molecule has 1 aromatic rings. The highest BCUT2D eigenvalue weighted by Gasteiger charge is 2.28. The number of carbonyl (C=O) groups is 1. The molecular weight excluding hydrogens is 284 g/mol. The molecule has 1 aromatic heterocycles. The molecule has 0 aromatic carbocycles. The molecule has 5 nitrogen and oxygen atoms in total. The minimum Gasteiger partial charge on any atom is -0.337 e. The third-order valence-corrected chi connectivity index (χ3v) is 5.48. The van der Waals surface area contributed by atoms with Gasteiger partial charge in [0.15, 0.2) is 0 Å². The fourth-order valence-corrected chi connectivity index (χ4v) is 4.03. The highest BCUT2D eigenvalue weighted by atomic mass is 32.1. The Balaban J connectivity index is 1.53. The van der Waals surface area contributed by atoms with E-state index in [0.717, 1.165) is 30.9 Å². The molecule has 0 spiro atoms. The summed E-state index contributed by atoms with van der Waals surface area (Å²) in [5.74, 6) is 0.0723. The van der Waals surface area contributed by atoms with E-state index in [4.69, 9.17) is 5.73 Å². The molecule has 0 saturated carbocycles. The number of aromatic nitrogens is 1. The Kier molecular flexibility index (Phi) is 4.87. The number of nitrogens with zero attached hydrogens (tertiary/aromatic N) is 3. The number of likely N-dealkylation sites (tertiary alicyclic amines) is 2. The van der Waals surface area contributed by atoms with Gasteiger partial charge >= 0.3 is 0 Å². The molecule has 3 rings (SSSR count). The number of amides is 1. The summed E-state index contributed by atoms with van der Waals surface area (Å²) < 4.78 is 0. The largest absolute Gasteiger partial charge is 0.337 e. The molecule has 21 heavy (non-hydrogen) atoms. The molecule has 2 aliphatic rings. The highest BCUT2D eigenvalue weighted by Crippen LogP contribution is 2.22. The van der Waals surface area contributed by atoms with Crippen LogP contribution in [0.25, 0.3) is 0 Å². The van der Waals surface area contributed by atoms with Crippen molar-refractivity contribution in [3.05, 3.63) is 16.1 Å². The van der Waals surface area contributed by atoms with Crippen molar-refractivity contribution in [2.75, 3.05) is 26.2 Å². The van der Waals surface area contributed by atoms with Crippen molar-refractivity contribution in [1.29, 1.82) is 0 Å². The van der Waals surface area contributed by atoms with Gasteiger partial charge in [-0.05, 0) is 38.8 Å². The van der Waals surface area contributed by atoms with Crippen molar-refractivity contribution < 1.29 is 4.79 Å². The lowest BCUT2D eigenvalue weighted by molar-refractivity contribution is 0.0585. The Hall–Kier alpha value is -0.980. The summed E-state index contributed by atoms with van der Waals surface area (Å²) in [5, 5.41) is 2.67. The Morgan fingerprint density at radius 2 is 1.95 bits per heavy atom. The van der Waals surface area contributed by atoms with Crippen molar-refractivity contribution in [2.24, 2.45) is 5.73 Å². The van der Waals surface area contributed by atoms with Crippen LogP contribution < -0.4 is 5.73 Å². The summed E-state index contributed by atoms with van der Waals surface area (Å²) in [6, 6.07) is 0.671. The zero-order valence-corrected chi connectivity index (χ0v) is 13.3. The molecule has 0 atom stereocenters. The minimum atomic E-state index is 0.0723. The monoisotopic (exact) mass is 308 g/mol. The van der Waals surface area contributed by atoms with Gasteiger partial charge in [0.05, 0.1) is 0 Å². The van der Waals surface area contributed by atoms with Gasteiger partial charge in [-0.2, -0.15) is 0 Å². The average molecular weight is 308 g/mol. The van der Waals surface area contributed by atoms with Crippen LogP contribution in [0, 0.1) is 0 Å². The maximum Gasteiger partial charge on any atom is 0.273 e. The number of carbonyl (C=O) groups excluding carboxylic acids is 1. The lowest BCUT2D eigenvalue weighted by Crippen LogP contribution is -2.48. The molecule has 0 bridgehead atoms. The maximum atomic E-state index is 12.4.